The predicted octanol–water partition coefficient (Wildman–Crippen LogP) is 2.12. The van der Waals surface area contributed by atoms with Gasteiger partial charge in [-0.1, -0.05) is 11.6 Å². The van der Waals surface area contributed by atoms with Gasteiger partial charge < -0.3 is 4.42 Å². The van der Waals surface area contributed by atoms with E-state index in [0.29, 0.717) is 5.02 Å². The van der Waals surface area contributed by atoms with Crippen LogP contribution in [0, 0.1) is 6.92 Å². The molecule has 0 aliphatic heterocycles. The first-order valence-electron chi connectivity index (χ1n) is 1.84. The zero-order valence-electron chi connectivity index (χ0n) is 3.65. The molecule has 1 nitrogen and oxygen atoms in total. The smallest absolute Gasteiger partial charge is 0.109 e. The minimum Gasteiger partial charge on any atom is -0.471 e. The van der Waals surface area contributed by atoms with E-state index in [9.17, 15) is 0 Å². The molecule has 0 saturated heterocycles. The zero-order valence-corrected chi connectivity index (χ0v) is 4.40. The second kappa shape index (κ2) is 1.58. The highest BCUT2D eigenvalue weighted by atomic mass is 35.5. The Balaban J connectivity index is 3.12. The van der Waals surface area contributed by atoms with Crippen molar-refractivity contribution in [2.75, 3.05) is 0 Å². The molecular formula is C5H4ClO. The highest BCUT2D eigenvalue weighted by molar-refractivity contribution is 6.31. The number of rotatable bonds is 0. The van der Waals surface area contributed by atoms with Crippen molar-refractivity contribution in [3.63, 3.8) is 0 Å². The fourth-order valence-electron chi connectivity index (χ4n) is 0.308. The molecule has 1 heterocycles. The van der Waals surface area contributed by atoms with Gasteiger partial charge in [-0.25, -0.2) is 0 Å². The van der Waals surface area contributed by atoms with Crippen LogP contribution in [0.15, 0.2) is 16.9 Å². The Morgan fingerprint density at radius 1 is 1.57 bits per heavy atom. The summed E-state index contributed by atoms with van der Waals surface area (Å²) in [6.07, 6.45) is 2.95. The van der Waals surface area contributed by atoms with Crippen LogP contribution in [0.3, 0.4) is 0 Å². The van der Waals surface area contributed by atoms with E-state index >= 15 is 0 Å². The molecule has 37 valence electrons. The zero-order chi connectivity index (χ0) is 5.28. The van der Waals surface area contributed by atoms with Crippen LogP contribution in [-0.2, 0) is 0 Å². The third-order valence-corrected chi connectivity index (χ3v) is 1.02. The standard InChI is InChI=1S/C5H4ClO/c1-4-2-7-3-5(4)6/h2-3H,1H2. The van der Waals surface area contributed by atoms with E-state index in [1.165, 1.54) is 12.5 Å². The van der Waals surface area contributed by atoms with Gasteiger partial charge in [0.1, 0.15) is 6.26 Å². The van der Waals surface area contributed by atoms with Crippen molar-refractivity contribution in [3.05, 3.63) is 30.0 Å². The van der Waals surface area contributed by atoms with Gasteiger partial charge in [-0.15, -0.1) is 0 Å². The Kier molecular flexibility index (Phi) is 1.07. The summed E-state index contributed by atoms with van der Waals surface area (Å²) in [5, 5.41) is 0.583. The molecular weight excluding hydrogens is 112 g/mol. The first-order valence-corrected chi connectivity index (χ1v) is 2.22. The molecule has 0 bridgehead atoms. The molecule has 0 spiro atoms. The first-order chi connectivity index (χ1) is 3.30. The molecule has 0 fully saturated rings. The lowest BCUT2D eigenvalue weighted by Crippen LogP contribution is -1.56. The van der Waals surface area contributed by atoms with Crippen molar-refractivity contribution >= 4 is 11.6 Å². The van der Waals surface area contributed by atoms with E-state index in [4.69, 9.17) is 11.6 Å². The summed E-state index contributed by atoms with van der Waals surface area (Å²) >= 11 is 5.47. The second-order valence-corrected chi connectivity index (χ2v) is 1.65. The molecule has 2 heteroatoms. The number of hydrogen-bond donors (Lipinski definition) is 0. The fraction of sp³-hybridized carbons (Fsp3) is 0. The molecule has 0 unspecified atom stereocenters. The summed E-state index contributed by atoms with van der Waals surface area (Å²) in [4.78, 5) is 0. The van der Waals surface area contributed by atoms with Crippen LogP contribution >= 0.6 is 11.6 Å². The first kappa shape index (κ1) is 4.72. The molecule has 0 aromatic carbocycles. The highest BCUT2D eigenvalue weighted by Crippen LogP contribution is 2.13. The van der Waals surface area contributed by atoms with Crippen molar-refractivity contribution in [1.82, 2.24) is 0 Å². The van der Waals surface area contributed by atoms with E-state index in [2.05, 4.69) is 11.3 Å². The van der Waals surface area contributed by atoms with Gasteiger partial charge in [0.05, 0.1) is 11.3 Å². The largest absolute Gasteiger partial charge is 0.471 e. The molecule has 0 aliphatic rings. The Hall–Kier alpha value is -0.430. The molecule has 0 amide bonds. The van der Waals surface area contributed by atoms with Crippen LogP contribution in [0.1, 0.15) is 5.56 Å². The lowest BCUT2D eigenvalue weighted by molar-refractivity contribution is 0.566. The molecule has 7 heavy (non-hydrogen) atoms. The molecule has 0 saturated carbocycles. The maximum absolute atomic E-state index is 5.47. The average Bonchev–Trinajstić information content (AvgIpc) is 1.91. The van der Waals surface area contributed by atoms with E-state index < -0.39 is 0 Å². The van der Waals surface area contributed by atoms with Crippen LogP contribution in [0.4, 0.5) is 0 Å². The van der Waals surface area contributed by atoms with Gasteiger partial charge in [0.25, 0.3) is 0 Å². The normalized spacial score (nSPS) is 9.43. The van der Waals surface area contributed by atoms with Gasteiger partial charge in [-0.2, -0.15) is 0 Å². The lowest BCUT2D eigenvalue weighted by atomic mass is 10.4. The molecule has 1 aromatic rings. The SMILES string of the molecule is [CH2]c1cocc1Cl. The summed E-state index contributed by atoms with van der Waals surface area (Å²) < 4.78 is 4.65. The second-order valence-electron chi connectivity index (χ2n) is 1.24. The summed E-state index contributed by atoms with van der Waals surface area (Å²) in [7, 11) is 0. The molecule has 0 aliphatic carbocycles. The van der Waals surface area contributed by atoms with Crippen molar-refractivity contribution in [2.45, 2.75) is 0 Å². The van der Waals surface area contributed by atoms with E-state index in [1.807, 2.05) is 0 Å². The van der Waals surface area contributed by atoms with Crippen LogP contribution in [0.25, 0.3) is 0 Å². The topological polar surface area (TPSA) is 13.1 Å². The van der Waals surface area contributed by atoms with Gasteiger partial charge in [0.15, 0.2) is 0 Å². The fourth-order valence-corrected chi connectivity index (χ4v) is 0.404. The molecule has 0 atom stereocenters. The Morgan fingerprint density at radius 2 is 2.29 bits per heavy atom. The van der Waals surface area contributed by atoms with E-state index in [0.717, 1.165) is 5.56 Å². The monoisotopic (exact) mass is 115 g/mol. The Morgan fingerprint density at radius 3 is 2.43 bits per heavy atom. The third-order valence-electron chi connectivity index (χ3n) is 0.689. The van der Waals surface area contributed by atoms with Gasteiger partial charge in [-0.05, 0) is 6.92 Å². The minimum atomic E-state index is 0.583. The van der Waals surface area contributed by atoms with E-state index in [1.54, 1.807) is 0 Å². The number of halogens is 1. The number of hydrogen-bond acceptors (Lipinski definition) is 1. The van der Waals surface area contributed by atoms with Crippen molar-refractivity contribution in [1.29, 1.82) is 0 Å². The molecule has 1 radical (unpaired) electrons. The Labute approximate surface area is 46.9 Å². The van der Waals surface area contributed by atoms with Gasteiger partial charge >= 0.3 is 0 Å². The molecule has 1 aromatic heterocycles. The predicted molar refractivity (Wildman–Crippen MR) is 28.2 cm³/mol. The van der Waals surface area contributed by atoms with Crippen LogP contribution in [0.2, 0.25) is 5.02 Å². The van der Waals surface area contributed by atoms with Crippen LogP contribution in [0.5, 0.6) is 0 Å². The minimum absolute atomic E-state index is 0.583. The van der Waals surface area contributed by atoms with Crippen molar-refractivity contribution < 1.29 is 4.42 Å². The summed E-state index contributed by atoms with van der Waals surface area (Å²) in [5.74, 6) is 0. The highest BCUT2D eigenvalue weighted by Gasteiger charge is 1.91. The van der Waals surface area contributed by atoms with E-state index in [-0.39, 0.29) is 0 Å². The summed E-state index contributed by atoms with van der Waals surface area (Å²) in [5.41, 5.74) is 0.738. The van der Waals surface area contributed by atoms with Crippen LogP contribution in [-0.4, -0.2) is 0 Å². The lowest BCUT2D eigenvalue weighted by Gasteiger charge is -1.73. The maximum atomic E-state index is 5.47. The van der Waals surface area contributed by atoms with Crippen molar-refractivity contribution in [3.8, 4) is 0 Å². The summed E-state index contributed by atoms with van der Waals surface area (Å²) in [6.45, 7) is 3.55. The molecule has 1 rings (SSSR count). The molecule has 0 N–H and O–H groups in total. The summed E-state index contributed by atoms with van der Waals surface area (Å²) in [6, 6.07) is 0. The van der Waals surface area contributed by atoms with Crippen LogP contribution < -0.4 is 0 Å². The number of furan rings is 1. The van der Waals surface area contributed by atoms with Crippen molar-refractivity contribution in [2.24, 2.45) is 0 Å². The average molecular weight is 116 g/mol. The third kappa shape index (κ3) is 0.775. The maximum Gasteiger partial charge on any atom is 0.109 e. The quantitative estimate of drug-likeness (QED) is 0.505. The Bertz CT molecular complexity index is 140. The van der Waals surface area contributed by atoms with Gasteiger partial charge in [0.2, 0.25) is 0 Å². The van der Waals surface area contributed by atoms with Gasteiger partial charge in [-0.3, -0.25) is 0 Å². The van der Waals surface area contributed by atoms with Gasteiger partial charge in [0, 0.05) is 5.56 Å².